The lowest BCUT2D eigenvalue weighted by atomic mass is 9.84. The van der Waals surface area contributed by atoms with Gasteiger partial charge in [0.1, 0.15) is 6.04 Å². The van der Waals surface area contributed by atoms with Gasteiger partial charge in [0.2, 0.25) is 0 Å². The zero-order valence-electron chi connectivity index (χ0n) is 13.4. The van der Waals surface area contributed by atoms with Crippen LogP contribution < -0.4 is 0 Å². The van der Waals surface area contributed by atoms with Crippen LogP contribution in [0.2, 0.25) is 0 Å². The normalized spacial score (nSPS) is 27.8. The average molecular weight is 305 g/mol. The van der Waals surface area contributed by atoms with Crippen LogP contribution in [0.15, 0.2) is 0 Å². The van der Waals surface area contributed by atoms with Gasteiger partial charge in [-0.1, -0.05) is 12.8 Å². The van der Waals surface area contributed by atoms with Gasteiger partial charge in [-0.3, -0.25) is 9.48 Å². The van der Waals surface area contributed by atoms with E-state index >= 15 is 0 Å². The molecule has 0 aromatic carbocycles. The molecule has 6 nitrogen and oxygen atoms in total. The van der Waals surface area contributed by atoms with Crippen LogP contribution in [-0.4, -0.2) is 43.7 Å². The summed E-state index contributed by atoms with van der Waals surface area (Å²) in [6.07, 6.45) is 4.74. The number of amides is 1. The molecule has 1 N–H and O–H groups in total. The van der Waals surface area contributed by atoms with E-state index < -0.39 is 12.0 Å². The number of likely N-dealkylation sites (tertiary alicyclic amines) is 1. The minimum atomic E-state index is -0.887. The monoisotopic (exact) mass is 305 g/mol. The van der Waals surface area contributed by atoms with Crippen molar-refractivity contribution in [1.29, 1.82) is 0 Å². The van der Waals surface area contributed by atoms with Gasteiger partial charge in [0.05, 0.1) is 11.3 Å². The van der Waals surface area contributed by atoms with Gasteiger partial charge in [-0.25, -0.2) is 4.79 Å². The van der Waals surface area contributed by atoms with Crippen LogP contribution >= 0.6 is 0 Å². The van der Waals surface area contributed by atoms with Crippen LogP contribution in [0.4, 0.5) is 0 Å². The van der Waals surface area contributed by atoms with Crippen LogP contribution in [0.1, 0.15) is 53.8 Å². The molecule has 1 saturated carbocycles. The minimum Gasteiger partial charge on any atom is -0.480 e. The molecular weight excluding hydrogens is 282 g/mol. The van der Waals surface area contributed by atoms with Crippen molar-refractivity contribution in [3.8, 4) is 0 Å². The summed E-state index contributed by atoms with van der Waals surface area (Å²) in [4.78, 5) is 26.4. The van der Waals surface area contributed by atoms with Crippen molar-refractivity contribution < 1.29 is 14.7 Å². The average Bonchev–Trinajstić information content (AvgIpc) is 2.97. The maximum Gasteiger partial charge on any atom is 0.326 e. The van der Waals surface area contributed by atoms with Gasteiger partial charge in [-0.05, 0) is 39.0 Å². The van der Waals surface area contributed by atoms with E-state index in [0.29, 0.717) is 23.6 Å². The molecule has 0 bridgehead atoms. The summed E-state index contributed by atoms with van der Waals surface area (Å²) in [7, 11) is 1.81. The number of nitrogens with zero attached hydrogens (tertiary/aromatic N) is 3. The largest absolute Gasteiger partial charge is 0.480 e. The number of rotatable bonds is 2. The number of aryl methyl sites for hydroxylation is 2. The van der Waals surface area contributed by atoms with Gasteiger partial charge in [0.15, 0.2) is 0 Å². The molecule has 1 amide bonds. The smallest absolute Gasteiger partial charge is 0.326 e. The number of hydrogen-bond acceptors (Lipinski definition) is 3. The third-order valence-corrected chi connectivity index (χ3v) is 5.33. The molecule has 1 aliphatic heterocycles. The van der Waals surface area contributed by atoms with Crippen LogP contribution in [-0.2, 0) is 11.8 Å². The second-order valence-corrected chi connectivity index (χ2v) is 6.58. The lowest BCUT2D eigenvalue weighted by molar-refractivity contribution is -0.141. The fraction of sp³-hybridized carbons (Fsp3) is 0.688. The van der Waals surface area contributed by atoms with E-state index in [1.165, 1.54) is 0 Å². The summed E-state index contributed by atoms with van der Waals surface area (Å²) in [6, 6.07) is -0.624. The second-order valence-electron chi connectivity index (χ2n) is 6.58. The Labute approximate surface area is 130 Å². The van der Waals surface area contributed by atoms with Crippen molar-refractivity contribution in [1.82, 2.24) is 14.7 Å². The number of carbonyl (C=O) groups is 2. The van der Waals surface area contributed by atoms with Crippen molar-refractivity contribution in [3.63, 3.8) is 0 Å². The molecule has 1 saturated heterocycles. The van der Waals surface area contributed by atoms with Crippen LogP contribution in [0, 0.1) is 19.8 Å². The maximum absolute atomic E-state index is 13.1. The Morgan fingerprint density at radius 2 is 1.91 bits per heavy atom. The van der Waals surface area contributed by atoms with E-state index in [-0.39, 0.29) is 11.9 Å². The van der Waals surface area contributed by atoms with Gasteiger partial charge in [-0.2, -0.15) is 5.10 Å². The molecule has 2 fully saturated rings. The van der Waals surface area contributed by atoms with Gasteiger partial charge in [-0.15, -0.1) is 0 Å². The van der Waals surface area contributed by atoms with Gasteiger partial charge < -0.3 is 10.0 Å². The molecule has 2 heterocycles. The van der Waals surface area contributed by atoms with Gasteiger partial charge in [0.25, 0.3) is 5.91 Å². The quantitative estimate of drug-likeness (QED) is 0.905. The number of aromatic nitrogens is 2. The molecule has 3 rings (SSSR count). The van der Waals surface area contributed by atoms with Crippen molar-refractivity contribution in [2.75, 3.05) is 0 Å². The van der Waals surface area contributed by atoms with Crippen molar-refractivity contribution >= 4 is 11.9 Å². The summed E-state index contributed by atoms with van der Waals surface area (Å²) < 4.78 is 1.69. The first-order valence-corrected chi connectivity index (χ1v) is 7.97. The summed E-state index contributed by atoms with van der Waals surface area (Å²) >= 11 is 0. The lowest BCUT2D eigenvalue weighted by Crippen LogP contribution is -2.46. The standard InChI is InChI=1S/C16H23N3O3/c1-9-14(10(2)18(3)17-9)15(20)19-12-7-5-4-6-11(12)8-13(19)16(21)22/h11-13H,4-8H2,1-3H3,(H,21,22). The molecule has 1 aliphatic carbocycles. The molecule has 1 aromatic rings. The third kappa shape index (κ3) is 2.21. The van der Waals surface area contributed by atoms with Crippen LogP contribution in [0.25, 0.3) is 0 Å². The Bertz CT molecular complexity index is 622. The van der Waals surface area contributed by atoms with E-state index in [9.17, 15) is 14.7 Å². The lowest BCUT2D eigenvalue weighted by Gasteiger charge is -2.33. The van der Waals surface area contributed by atoms with E-state index in [1.54, 1.807) is 16.6 Å². The number of hydrogen-bond donors (Lipinski definition) is 1. The highest BCUT2D eigenvalue weighted by Gasteiger charge is 2.48. The Morgan fingerprint density at radius 1 is 1.23 bits per heavy atom. The van der Waals surface area contributed by atoms with Crippen LogP contribution in [0.3, 0.4) is 0 Å². The molecule has 2 aliphatic rings. The third-order valence-electron chi connectivity index (χ3n) is 5.33. The van der Waals surface area contributed by atoms with Crippen molar-refractivity contribution in [2.24, 2.45) is 13.0 Å². The summed E-state index contributed by atoms with van der Waals surface area (Å²) in [6.45, 7) is 3.67. The van der Waals surface area contributed by atoms with E-state index in [2.05, 4.69) is 5.10 Å². The zero-order chi connectivity index (χ0) is 16.0. The Morgan fingerprint density at radius 3 is 2.50 bits per heavy atom. The topological polar surface area (TPSA) is 75.4 Å². The molecule has 0 spiro atoms. The number of carboxylic acids is 1. The molecular formula is C16H23N3O3. The summed E-state index contributed by atoms with van der Waals surface area (Å²) in [5.74, 6) is -0.720. The Balaban J connectivity index is 1.99. The highest BCUT2D eigenvalue weighted by Crippen LogP contribution is 2.40. The fourth-order valence-electron chi connectivity index (χ4n) is 4.18. The Kier molecular flexibility index (Phi) is 3.70. The van der Waals surface area contributed by atoms with E-state index in [0.717, 1.165) is 31.4 Å². The zero-order valence-corrected chi connectivity index (χ0v) is 13.4. The highest BCUT2D eigenvalue weighted by molar-refractivity contribution is 5.99. The van der Waals surface area contributed by atoms with Crippen molar-refractivity contribution in [3.05, 3.63) is 17.0 Å². The molecule has 3 atom stereocenters. The first-order valence-electron chi connectivity index (χ1n) is 7.97. The predicted octanol–water partition coefficient (Wildman–Crippen LogP) is 1.89. The fourth-order valence-corrected chi connectivity index (χ4v) is 4.18. The Hall–Kier alpha value is -1.85. The highest BCUT2D eigenvalue weighted by atomic mass is 16.4. The maximum atomic E-state index is 13.1. The van der Waals surface area contributed by atoms with Gasteiger partial charge >= 0.3 is 5.97 Å². The molecule has 0 radical (unpaired) electrons. The first kappa shape index (κ1) is 15.1. The van der Waals surface area contributed by atoms with Crippen LogP contribution in [0.5, 0.6) is 0 Å². The number of fused-ring (bicyclic) bond motifs is 1. The van der Waals surface area contributed by atoms with E-state index in [1.807, 2.05) is 13.8 Å². The molecule has 22 heavy (non-hydrogen) atoms. The number of aliphatic carboxylic acids is 1. The summed E-state index contributed by atoms with van der Waals surface area (Å²) in [5.41, 5.74) is 2.04. The minimum absolute atomic E-state index is 0.0707. The number of carboxylic acid groups (broad SMARTS) is 1. The predicted molar refractivity (Wildman–Crippen MR) is 80.6 cm³/mol. The first-order chi connectivity index (χ1) is 10.4. The van der Waals surface area contributed by atoms with E-state index in [4.69, 9.17) is 0 Å². The summed E-state index contributed by atoms with van der Waals surface area (Å²) in [5, 5.41) is 13.9. The second kappa shape index (κ2) is 5.41. The number of carbonyl (C=O) groups excluding carboxylic acids is 1. The molecule has 6 heteroatoms. The molecule has 3 unspecified atom stereocenters. The molecule has 120 valence electrons. The molecule has 1 aromatic heterocycles. The SMILES string of the molecule is Cc1nn(C)c(C)c1C(=O)N1C(C(=O)O)CC2CCCCC21. The van der Waals surface area contributed by atoms with Crippen molar-refractivity contribution in [2.45, 2.75) is 58.0 Å². The van der Waals surface area contributed by atoms with Gasteiger partial charge in [0, 0.05) is 18.8 Å².